The highest BCUT2D eigenvalue weighted by Crippen LogP contribution is 2.26. The van der Waals surface area contributed by atoms with Gasteiger partial charge in [-0.1, -0.05) is 6.07 Å². The Morgan fingerprint density at radius 2 is 2.25 bits per heavy atom. The van der Waals surface area contributed by atoms with Gasteiger partial charge in [-0.2, -0.15) is 0 Å². The second-order valence-electron chi connectivity index (χ2n) is 5.60. The topological polar surface area (TPSA) is 24.5 Å². The first-order valence-corrected chi connectivity index (χ1v) is 7.04. The van der Waals surface area contributed by atoms with E-state index >= 15 is 0 Å². The zero-order valence-electron chi connectivity index (χ0n) is 11.8. The maximum absolute atomic E-state index is 13.7. The van der Waals surface area contributed by atoms with Crippen molar-refractivity contribution in [1.29, 1.82) is 0 Å². The standard InChI is InChI=1S/C15H21FN2O.ClH/c1-19-15-3-2-11(8-13(15)16)9-18-7-5-14-12(10-18)4-6-17-14;/h2-3,8,12,14,17H,4-7,9-10H2,1H3;1H. The van der Waals surface area contributed by atoms with Crippen molar-refractivity contribution >= 4 is 12.4 Å². The van der Waals surface area contributed by atoms with E-state index in [4.69, 9.17) is 4.74 Å². The molecule has 2 unspecified atom stereocenters. The average Bonchev–Trinajstić information content (AvgIpc) is 2.86. The number of hydrogen-bond acceptors (Lipinski definition) is 3. The van der Waals surface area contributed by atoms with Gasteiger partial charge in [0.05, 0.1) is 7.11 Å². The lowest BCUT2D eigenvalue weighted by atomic mass is 9.93. The minimum atomic E-state index is -0.266. The Balaban J connectivity index is 0.00000147. The van der Waals surface area contributed by atoms with E-state index in [-0.39, 0.29) is 18.2 Å². The van der Waals surface area contributed by atoms with Crippen molar-refractivity contribution in [2.45, 2.75) is 25.4 Å². The van der Waals surface area contributed by atoms with Crippen molar-refractivity contribution in [2.75, 3.05) is 26.7 Å². The van der Waals surface area contributed by atoms with Crippen LogP contribution in [0, 0.1) is 11.7 Å². The van der Waals surface area contributed by atoms with E-state index in [0.29, 0.717) is 11.8 Å². The third-order valence-corrected chi connectivity index (χ3v) is 4.36. The number of nitrogens with one attached hydrogen (secondary N) is 1. The maximum Gasteiger partial charge on any atom is 0.165 e. The Labute approximate surface area is 125 Å². The molecule has 0 spiro atoms. The van der Waals surface area contributed by atoms with Gasteiger partial charge in [-0.3, -0.25) is 4.90 Å². The third kappa shape index (κ3) is 3.25. The Morgan fingerprint density at radius 3 is 3.00 bits per heavy atom. The van der Waals surface area contributed by atoms with Crippen molar-refractivity contribution in [3.63, 3.8) is 0 Å². The summed E-state index contributed by atoms with van der Waals surface area (Å²) in [7, 11) is 1.50. The molecule has 1 N–H and O–H groups in total. The van der Waals surface area contributed by atoms with Crippen molar-refractivity contribution < 1.29 is 9.13 Å². The fourth-order valence-corrected chi connectivity index (χ4v) is 3.33. The Morgan fingerprint density at radius 1 is 1.40 bits per heavy atom. The van der Waals surface area contributed by atoms with Crippen LogP contribution in [0.2, 0.25) is 0 Å². The molecular formula is C15H22ClFN2O. The Bertz CT molecular complexity index is 457. The number of fused-ring (bicyclic) bond motifs is 1. The third-order valence-electron chi connectivity index (χ3n) is 4.36. The molecule has 2 aliphatic heterocycles. The lowest BCUT2D eigenvalue weighted by Crippen LogP contribution is -2.43. The van der Waals surface area contributed by atoms with Gasteiger partial charge in [0.15, 0.2) is 11.6 Å². The summed E-state index contributed by atoms with van der Waals surface area (Å²) in [4.78, 5) is 2.44. The zero-order chi connectivity index (χ0) is 13.2. The van der Waals surface area contributed by atoms with Crippen LogP contribution in [-0.4, -0.2) is 37.7 Å². The summed E-state index contributed by atoms with van der Waals surface area (Å²) in [6.07, 6.45) is 2.49. The van der Waals surface area contributed by atoms with Crippen LogP contribution >= 0.6 is 12.4 Å². The molecule has 112 valence electrons. The predicted molar refractivity (Wildman–Crippen MR) is 80.0 cm³/mol. The number of nitrogens with zero attached hydrogens (tertiary/aromatic N) is 1. The number of hydrogen-bond donors (Lipinski definition) is 1. The second kappa shape index (κ2) is 6.74. The highest BCUT2D eigenvalue weighted by molar-refractivity contribution is 5.85. The lowest BCUT2D eigenvalue weighted by Gasteiger charge is -2.34. The van der Waals surface area contributed by atoms with Crippen molar-refractivity contribution in [3.8, 4) is 5.75 Å². The molecule has 2 atom stereocenters. The minimum Gasteiger partial charge on any atom is -0.494 e. The van der Waals surface area contributed by atoms with Crippen LogP contribution in [0.25, 0.3) is 0 Å². The molecule has 3 rings (SSSR count). The fourth-order valence-electron chi connectivity index (χ4n) is 3.33. The molecule has 2 fully saturated rings. The van der Waals surface area contributed by atoms with Gasteiger partial charge in [0.2, 0.25) is 0 Å². The molecule has 2 heterocycles. The van der Waals surface area contributed by atoms with E-state index in [2.05, 4.69) is 10.2 Å². The highest BCUT2D eigenvalue weighted by Gasteiger charge is 2.32. The van der Waals surface area contributed by atoms with Crippen molar-refractivity contribution in [3.05, 3.63) is 29.6 Å². The van der Waals surface area contributed by atoms with Crippen molar-refractivity contribution in [2.24, 2.45) is 5.92 Å². The largest absolute Gasteiger partial charge is 0.494 e. The minimum absolute atomic E-state index is 0. The predicted octanol–water partition coefficient (Wildman–Crippen LogP) is 2.44. The molecular weight excluding hydrogens is 279 g/mol. The molecule has 5 heteroatoms. The van der Waals surface area contributed by atoms with E-state index in [9.17, 15) is 4.39 Å². The number of piperidine rings is 1. The Kier molecular flexibility index (Phi) is 5.24. The van der Waals surface area contributed by atoms with Gasteiger partial charge in [-0.05, 0) is 49.5 Å². The van der Waals surface area contributed by atoms with Gasteiger partial charge < -0.3 is 10.1 Å². The average molecular weight is 301 g/mol. The summed E-state index contributed by atoms with van der Waals surface area (Å²) in [5, 5.41) is 3.56. The molecule has 20 heavy (non-hydrogen) atoms. The summed E-state index contributed by atoms with van der Waals surface area (Å²) < 4.78 is 18.6. The number of benzene rings is 1. The first-order valence-electron chi connectivity index (χ1n) is 7.04. The molecule has 1 aromatic rings. The van der Waals surface area contributed by atoms with Gasteiger partial charge in [0, 0.05) is 19.1 Å². The molecule has 0 bridgehead atoms. The summed E-state index contributed by atoms with van der Waals surface area (Å²) in [5.74, 6) is 0.830. The first kappa shape index (κ1) is 15.5. The van der Waals surface area contributed by atoms with E-state index < -0.39 is 0 Å². The Hall–Kier alpha value is -0.840. The molecule has 0 saturated carbocycles. The van der Waals surface area contributed by atoms with Gasteiger partial charge in [0.1, 0.15) is 0 Å². The molecule has 2 aliphatic rings. The first-order chi connectivity index (χ1) is 9.26. The number of halogens is 2. The van der Waals surface area contributed by atoms with E-state index in [1.54, 1.807) is 12.1 Å². The zero-order valence-corrected chi connectivity index (χ0v) is 12.6. The van der Waals surface area contributed by atoms with Crippen LogP contribution < -0.4 is 10.1 Å². The van der Waals surface area contributed by atoms with Gasteiger partial charge in [-0.25, -0.2) is 4.39 Å². The molecule has 3 nitrogen and oxygen atoms in total. The monoisotopic (exact) mass is 300 g/mol. The fraction of sp³-hybridized carbons (Fsp3) is 0.600. The van der Waals surface area contributed by atoms with Crippen LogP contribution in [0.1, 0.15) is 18.4 Å². The van der Waals surface area contributed by atoms with E-state index in [1.165, 1.54) is 20.0 Å². The summed E-state index contributed by atoms with van der Waals surface area (Å²) in [6.45, 7) is 4.22. The SMILES string of the molecule is COc1ccc(CN2CCC3NCCC3C2)cc1F.Cl. The van der Waals surface area contributed by atoms with Crippen LogP contribution in [0.5, 0.6) is 5.75 Å². The maximum atomic E-state index is 13.7. The lowest BCUT2D eigenvalue weighted by molar-refractivity contribution is 0.156. The smallest absolute Gasteiger partial charge is 0.165 e. The molecule has 0 aromatic heterocycles. The van der Waals surface area contributed by atoms with Gasteiger partial charge in [-0.15, -0.1) is 12.4 Å². The van der Waals surface area contributed by atoms with E-state index in [1.807, 2.05) is 6.07 Å². The molecule has 1 aromatic carbocycles. The number of ether oxygens (including phenoxy) is 1. The molecule has 0 aliphatic carbocycles. The normalized spacial score (nSPS) is 25.9. The summed E-state index contributed by atoms with van der Waals surface area (Å²) >= 11 is 0. The number of methoxy groups -OCH3 is 1. The number of rotatable bonds is 3. The molecule has 0 amide bonds. The van der Waals surface area contributed by atoms with Crippen LogP contribution in [0.4, 0.5) is 4.39 Å². The number of likely N-dealkylation sites (tertiary alicyclic amines) is 1. The van der Waals surface area contributed by atoms with Gasteiger partial charge >= 0.3 is 0 Å². The van der Waals surface area contributed by atoms with Crippen LogP contribution in [-0.2, 0) is 6.54 Å². The summed E-state index contributed by atoms with van der Waals surface area (Å²) in [5.41, 5.74) is 1.03. The molecule has 0 radical (unpaired) electrons. The summed E-state index contributed by atoms with van der Waals surface area (Å²) in [6, 6.07) is 5.98. The molecule has 2 saturated heterocycles. The second-order valence-corrected chi connectivity index (χ2v) is 5.60. The van der Waals surface area contributed by atoms with Crippen LogP contribution in [0.15, 0.2) is 18.2 Å². The van der Waals surface area contributed by atoms with E-state index in [0.717, 1.165) is 37.7 Å². The highest BCUT2D eigenvalue weighted by atomic mass is 35.5. The van der Waals surface area contributed by atoms with Gasteiger partial charge in [0.25, 0.3) is 0 Å². The van der Waals surface area contributed by atoms with Crippen LogP contribution in [0.3, 0.4) is 0 Å². The van der Waals surface area contributed by atoms with Crippen molar-refractivity contribution in [1.82, 2.24) is 10.2 Å². The quantitative estimate of drug-likeness (QED) is 0.928.